The van der Waals surface area contributed by atoms with Crippen molar-refractivity contribution in [2.45, 2.75) is 32.9 Å². The van der Waals surface area contributed by atoms with Crippen molar-refractivity contribution in [3.8, 4) is 0 Å². The quantitative estimate of drug-likeness (QED) is 0.840. The molecule has 2 aromatic rings. The fourth-order valence-corrected chi connectivity index (χ4v) is 3.29. The van der Waals surface area contributed by atoms with Crippen molar-refractivity contribution in [1.82, 2.24) is 4.90 Å². The molecule has 2 amide bonds. The topological polar surface area (TPSA) is 58.6 Å². The Morgan fingerprint density at radius 3 is 2.44 bits per heavy atom. The van der Waals surface area contributed by atoms with E-state index >= 15 is 0 Å². The number of amides is 2. The van der Waals surface area contributed by atoms with Crippen LogP contribution in [0, 0.1) is 6.92 Å². The molecule has 0 aliphatic carbocycles. The number of hydrogen-bond acceptors (Lipinski definition) is 3. The molecule has 0 saturated carbocycles. The SMILES string of the molecule is COC(=O)c1cccc2c1CN(C(=O)Nc1ccc(C)cc1)C2(C)C. The first-order chi connectivity index (χ1) is 11.8. The van der Waals surface area contributed by atoms with Crippen molar-refractivity contribution in [2.75, 3.05) is 12.4 Å². The van der Waals surface area contributed by atoms with Gasteiger partial charge in [0.15, 0.2) is 0 Å². The molecule has 0 radical (unpaired) electrons. The van der Waals surface area contributed by atoms with Gasteiger partial charge >= 0.3 is 12.0 Å². The van der Waals surface area contributed by atoms with E-state index in [1.165, 1.54) is 7.11 Å². The molecule has 0 atom stereocenters. The van der Waals surface area contributed by atoms with Crippen molar-refractivity contribution >= 4 is 17.7 Å². The van der Waals surface area contributed by atoms with Crippen LogP contribution in [0.25, 0.3) is 0 Å². The lowest BCUT2D eigenvalue weighted by Gasteiger charge is -2.32. The smallest absolute Gasteiger partial charge is 0.338 e. The number of benzene rings is 2. The predicted molar refractivity (Wildman–Crippen MR) is 96.5 cm³/mol. The van der Waals surface area contributed by atoms with Crippen LogP contribution in [0.3, 0.4) is 0 Å². The van der Waals surface area contributed by atoms with Crippen LogP contribution in [-0.2, 0) is 16.8 Å². The Balaban J connectivity index is 1.90. The number of anilines is 1. The molecule has 0 saturated heterocycles. The zero-order chi connectivity index (χ0) is 18.2. The van der Waals surface area contributed by atoms with Gasteiger partial charge in [0.1, 0.15) is 0 Å². The maximum absolute atomic E-state index is 12.8. The number of carbonyl (C=O) groups is 2. The fraction of sp³-hybridized carbons (Fsp3) is 0.300. The van der Waals surface area contributed by atoms with Crippen molar-refractivity contribution in [3.63, 3.8) is 0 Å². The van der Waals surface area contributed by atoms with Crippen molar-refractivity contribution in [3.05, 3.63) is 64.7 Å². The van der Waals surface area contributed by atoms with Crippen LogP contribution in [0.2, 0.25) is 0 Å². The van der Waals surface area contributed by atoms with Crippen LogP contribution in [0.4, 0.5) is 10.5 Å². The van der Waals surface area contributed by atoms with Crippen LogP contribution in [0.15, 0.2) is 42.5 Å². The number of nitrogens with zero attached hydrogens (tertiary/aromatic N) is 1. The molecular formula is C20H22N2O3. The molecule has 3 rings (SSSR count). The van der Waals surface area contributed by atoms with E-state index in [0.29, 0.717) is 12.1 Å². The number of ether oxygens (including phenoxy) is 1. The molecule has 5 nitrogen and oxygen atoms in total. The standard InChI is InChI=1S/C20H22N2O3/c1-13-8-10-14(11-9-13)21-19(24)22-12-16-15(18(23)25-4)6-5-7-17(16)20(22,2)3/h5-11H,12H2,1-4H3,(H,21,24). The van der Waals surface area contributed by atoms with Crippen LogP contribution in [-0.4, -0.2) is 24.0 Å². The third kappa shape index (κ3) is 2.97. The average Bonchev–Trinajstić information content (AvgIpc) is 2.87. The summed E-state index contributed by atoms with van der Waals surface area (Å²) in [4.78, 5) is 26.6. The first-order valence-corrected chi connectivity index (χ1v) is 8.20. The van der Waals surface area contributed by atoms with Gasteiger partial charge in [0.05, 0.1) is 18.2 Å². The Labute approximate surface area is 147 Å². The van der Waals surface area contributed by atoms with Crippen LogP contribution < -0.4 is 5.32 Å². The van der Waals surface area contributed by atoms with E-state index in [9.17, 15) is 9.59 Å². The molecule has 25 heavy (non-hydrogen) atoms. The Morgan fingerprint density at radius 1 is 1.12 bits per heavy atom. The summed E-state index contributed by atoms with van der Waals surface area (Å²) >= 11 is 0. The van der Waals surface area contributed by atoms with Gasteiger partial charge in [-0.25, -0.2) is 9.59 Å². The molecular weight excluding hydrogens is 316 g/mol. The van der Waals surface area contributed by atoms with Crippen molar-refractivity contribution in [2.24, 2.45) is 0 Å². The molecule has 0 unspecified atom stereocenters. The fourth-order valence-electron chi connectivity index (χ4n) is 3.29. The van der Waals surface area contributed by atoms with Gasteiger partial charge in [0, 0.05) is 12.2 Å². The molecule has 0 aromatic heterocycles. The van der Waals surface area contributed by atoms with E-state index in [1.807, 2.05) is 57.2 Å². The average molecular weight is 338 g/mol. The van der Waals surface area contributed by atoms with Crippen molar-refractivity contribution < 1.29 is 14.3 Å². The van der Waals surface area contributed by atoms with Gasteiger partial charge in [-0.3, -0.25) is 0 Å². The summed E-state index contributed by atoms with van der Waals surface area (Å²) in [6.07, 6.45) is 0. The third-order valence-corrected chi connectivity index (χ3v) is 4.78. The number of aryl methyl sites for hydroxylation is 1. The highest BCUT2D eigenvalue weighted by atomic mass is 16.5. The molecule has 0 fully saturated rings. The molecule has 1 aliphatic heterocycles. The molecule has 1 aliphatic rings. The highest BCUT2D eigenvalue weighted by molar-refractivity contribution is 5.94. The van der Waals surface area contributed by atoms with Gasteiger partial charge < -0.3 is 15.0 Å². The Morgan fingerprint density at radius 2 is 1.80 bits per heavy atom. The number of fused-ring (bicyclic) bond motifs is 1. The maximum atomic E-state index is 12.8. The first kappa shape index (κ1) is 17.0. The largest absolute Gasteiger partial charge is 0.465 e. The number of esters is 1. The van der Waals surface area contributed by atoms with E-state index in [4.69, 9.17) is 4.74 Å². The zero-order valence-electron chi connectivity index (χ0n) is 14.9. The minimum Gasteiger partial charge on any atom is -0.465 e. The van der Waals surface area contributed by atoms with Gasteiger partial charge in [0.25, 0.3) is 0 Å². The number of rotatable bonds is 2. The number of methoxy groups -OCH3 is 1. The molecule has 1 N–H and O–H groups in total. The second-order valence-electron chi connectivity index (χ2n) is 6.76. The van der Waals surface area contributed by atoms with Crippen LogP contribution in [0.1, 0.15) is 40.9 Å². The van der Waals surface area contributed by atoms with Crippen LogP contribution in [0.5, 0.6) is 0 Å². The highest BCUT2D eigenvalue weighted by Gasteiger charge is 2.42. The Hall–Kier alpha value is -2.82. The lowest BCUT2D eigenvalue weighted by molar-refractivity contribution is 0.0598. The summed E-state index contributed by atoms with van der Waals surface area (Å²) in [6, 6.07) is 13.0. The van der Waals surface area contributed by atoms with E-state index in [0.717, 1.165) is 22.4 Å². The summed E-state index contributed by atoms with van der Waals surface area (Å²) < 4.78 is 4.87. The first-order valence-electron chi connectivity index (χ1n) is 8.20. The van der Waals surface area contributed by atoms with Gasteiger partial charge in [0.2, 0.25) is 0 Å². The van der Waals surface area contributed by atoms with Crippen molar-refractivity contribution in [1.29, 1.82) is 0 Å². The van der Waals surface area contributed by atoms with Gasteiger partial charge in [-0.05, 0) is 50.1 Å². The number of hydrogen-bond donors (Lipinski definition) is 1. The highest BCUT2D eigenvalue weighted by Crippen LogP contribution is 2.40. The van der Waals surface area contributed by atoms with Gasteiger partial charge in [-0.15, -0.1) is 0 Å². The summed E-state index contributed by atoms with van der Waals surface area (Å²) in [6.45, 7) is 6.33. The predicted octanol–water partition coefficient (Wildman–Crippen LogP) is 4.06. The van der Waals surface area contributed by atoms with Gasteiger partial charge in [-0.2, -0.15) is 0 Å². The normalized spacial score (nSPS) is 14.8. The van der Waals surface area contributed by atoms with Crippen LogP contribution >= 0.6 is 0 Å². The molecule has 1 heterocycles. The lowest BCUT2D eigenvalue weighted by Crippen LogP contribution is -2.42. The second kappa shape index (κ2) is 6.24. The lowest BCUT2D eigenvalue weighted by atomic mass is 9.91. The monoisotopic (exact) mass is 338 g/mol. The number of nitrogens with one attached hydrogen (secondary N) is 1. The summed E-state index contributed by atoms with van der Waals surface area (Å²) in [5, 5.41) is 2.94. The number of carbonyl (C=O) groups excluding carboxylic acids is 2. The summed E-state index contributed by atoms with van der Waals surface area (Å²) in [5.74, 6) is -0.381. The van der Waals surface area contributed by atoms with Gasteiger partial charge in [-0.1, -0.05) is 29.8 Å². The second-order valence-corrected chi connectivity index (χ2v) is 6.76. The summed E-state index contributed by atoms with van der Waals surface area (Å²) in [5.41, 5.74) is 3.69. The Bertz CT molecular complexity index is 825. The molecule has 130 valence electrons. The molecule has 0 bridgehead atoms. The van der Waals surface area contributed by atoms with E-state index in [2.05, 4.69) is 5.32 Å². The number of urea groups is 1. The van der Waals surface area contributed by atoms with E-state index < -0.39 is 5.54 Å². The van der Waals surface area contributed by atoms with E-state index in [1.54, 1.807) is 11.0 Å². The molecule has 5 heteroatoms. The zero-order valence-corrected chi connectivity index (χ0v) is 14.9. The maximum Gasteiger partial charge on any atom is 0.338 e. The Kier molecular flexibility index (Phi) is 4.25. The molecule has 2 aromatic carbocycles. The third-order valence-electron chi connectivity index (χ3n) is 4.78. The summed E-state index contributed by atoms with van der Waals surface area (Å²) in [7, 11) is 1.36. The minimum atomic E-state index is -0.520. The minimum absolute atomic E-state index is 0.194. The van der Waals surface area contributed by atoms with E-state index in [-0.39, 0.29) is 12.0 Å². The molecule has 0 spiro atoms.